The molecule has 1 aliphatic heterocycles. The second-order valence-corrected chi connectivity index (χ2v) is 6.94. The quantitative estimate of drug-likeness (QED) is 0.828. The molecule has 0 bridgehead atoms. The minimum absolute atomic E-state index is 0.0797. The summed E-state index contributed by atoms with van der Waals surface area (Å²) in [6.07, 6.45) is 10.5. The molecule has 0 radical (unpaired) electrons. The van der Waals surface area contributed by atoms with Crippen LogP contribution in [0.15, 0.2) is 30.3 Å². The molecule has 1 saturated heterocycles. The highest BCUT2D eigenvalue weighted by Crippen LogP contribution is 2.24. The van der Waals surface area contributed by atoms with Crippen LogP contribution in [0.4, 0.5) is 10.5 Å². The largest absolute Gasteiger partial charge is 0.334 e. The molecule has 1 aliphatic carbocycles. The minimum Gasteiger partial charge on any atom is -0.334 e. The van der Waals surface area contributed by atoms with Crippen LogP contribution in [0.25, 0.3) is 0 Å². The van der Waals surface area contributed by atoms with E-state index in [9.17, 15) is 4.79 Å². The number of carbonyl (C=O) groups is 1. The van der Waals surface area contributed by atoms with Crippen LogP contribution in [-0.2, 0) is 0 Å². The number of carbonyl (C=O) groups excluding carboxylic acids is 1. The molecule has 2 N–H and O–H groups in total. The van der Waals surface area contributed by atoms with Crippen molar-refractivity contribution in [3.8, 4) is 0 Å². The number of anilines is 1. The predicted octanol–water partition coefficient (Wildman–Crippen LogP) is 4.00. The number of benzene rings is 1. The maximum atomic E-state index is 12.2. The Hall–Kier alpha value is -1.55. The number of likely N-dealkylation sites (tertiary alicyclic amines) is 1. The fraction of sp³-hybridized carbons (Fsp3) is 0.632. The van der Waals surface area contributed by atoms with Crippen molar-refractivity contribution in [3.63, 3.8) is 0 Å². The topological polar surface area (TPSA) is 44.4 Å². The molecule has 4 nitrogen and oxygen atoms in total. The summed E-state index contributed by atoms with van der Waals surface area (Å²) >= 11 is 0. The second kappa shape index (κ2) is 8.34. The summed E-state index contributed by atoms with van der Waals surface area (Å²) in [4.78, 5) is 14.8. The highest BCUT2D eigenvalue weighted by atomic mass is 16.2. The fourth-order valence-electron chi connectivity index (χ4n) is 3.95. The van der Waals surface area contributed by atoms with Gasteiger partial charge in [-0.15, -0.1) is 0 Å². The standard InChI is InChI=1S/C19H29N3O/c23-19(20-16-9-4-3-5-10-16)21-17-11-8-14-22(15-17)18-12-6-1-2-7-13-18/h3-5,9-10,17-18H,1-2,6-8,11-15H2,(H2,20,21,23)/t17-/m0/s1. The zero-order valence-corrected chi connectivity index (χ0v) is 14.0. The number of para-hydroxylation sites is 1. The SMILES string of the molecule is O=C(Nc1ccccc1)N[C@H]1CCCN(C2CCCCCC2)C1. The number of piperidine rings is 1. The van der Waals surface area contributed by atoms with Crippen molar-refractivity contribution in [2.75, 3.05) is 18.4 Å². The normalized spacial score (nSPS) is 23.9. The molecular formula is C19H29N3O. The highest BCUT2D eigenvalue weighted by Gasteiger charge is 2.27. The van der Waals surface area contributed by atoms with E-state index >= 15 is 0 Å². The summed E-state index contributed by atoms with van der Waals surface area (Å²) in [5, 5.41) is 6.09. The van der Waals surface area contributed by atoms with Crippen LogP contribution in [-0.4, -0.2) is 36.1 Å². The van der Waals surface area contributed by atoms with Crippen molar-refractivity contribution in [1.29, 1.82) is 0 Å². The van der Waals surface area contributed by atoms with E-state index in [2.05, 4.69) is 15.5 Å². The maximum absolute atomic E-state index is 12.2. The second-order valence-electron chi connectivity index (χ2n) is 6.94. The number of nitrogens with one attached hydrogen (secondary N) is 2. The van der Waals surface area contributed by atoms with E-state index in [-0.39, 0.29) is 12.1 Å². The molecular weight excluding hydrogens is 286 g/mol. The number of hydrogen-bond donors (Lipinski definition) is 2. The van der Waals surface area contributed by atoms with Gasteiger partial charge in [0.05, 0.1) is 0 Å². The van der Waals surface area contributed by atoms with Crippen LogP contribution in [0.1, 0.15) is 51.4 Å². The Balaban J connectivity index is 1.49. The molecule has 2 amide bonds. The highest BCUT2D eigenvalue weighted by molar-refractivity contribution is 5.89. The lowest BCUT2D eigenvalue weighted by Gasteiger charge is -2.38. The van der Waals surface area contributed by atoms with Crippen LogP contribution < -0.4 is 10.6 Å². The molecule has 3 rings (SSSR count). The van der Waals surface area contributed by atoms with Crippen molar-refractivity contribution < 1.29 is 4.79 Å². The first kappa shape index (κ1) is 16.3. The Morgan fingerprint density at radius 2 is 1.70 bits per heavy atom. The Bertz CT molecular complexity index is 483. The molecule has 2 fully saturated rings. The number of nitrogens with zero attached hydrogens (tertiary/aromatic N) is 1. The van der Waals surface area contributed by atoms with Crippen molar-refractivity contribution >= 4 is 11.7 Å². The molecule has 0 aromatic heterocycles. The molecule has 4 heteroatoms. The van der Waals surface area contributed by atoms with Crippen LogP contribution in [0, 0.1) is 0 Å². The third-order valence-electron chi connectivity index (χ3n) is 5.16. The molecule has 1 atom stereocenters. The number of hydrogen-bond acceptors (Lipinski definition) is 2. The lowest BCUT2D eigenvalue weighted by molar-refractivity contribution is 0.128. The van der Waals surface area contributed by atoms with Crippen LogP contribution in [0.2, 0.25) is 0 Å². The van der Waals surface area contributed by atoms with Gasteiger partial charge in [-0.05, 0) is 44.4 Å². The summed E-state index contributed by atoms with van der Waals surface area (Å²) in [6.45, 7) is 2.20. The smallest absolute Gasteiger partial charge is 0.319 e. The fourth-order valence-corrected chi connectivity index (χ4v) is 3.95. The lowest BCUT2D eigenvalue weighted by atomic mass is 10.00. The van der Waals surface area contributed by atoms with Crippen LogP contribution >= 0.6 is 0 Å². The molecule has 126 valence electrons. The molecule has 0 unspecified atom stereocenters. The van der Waals surface area contributed by atoms with Crippen molar-refractivity contribution in [1.82, 2.24) is 10.2 Å². The first-order chi connectivity index (χ1) is 11.3. The molecule has 1 aromatic carbocycles. The summed E-state index contributed by atoms with van der Waals surface area (Å²) in [5.41, 5.74) is 0.849. The van der Waals surface area contributed by atoms with E-state index in [1.807, 2.05) is 30.3 Å². The summed E-state index contributed by atoms with van der Waals surface area (Å²) < 4.78 is 0. The van der Waals surface area contributed by atoms with Gasteiger partial charge in [-0.2, -0.15) is 0 Å². The lowest BCUT2D eigenvalue weighted by Crippen LogP contribution is -2.51. The van der Waals surface area contributed by atoms with E-state index in [1.54, 1.807) is 0 Å². The van der Waals surface area contributed by atoms with Gasteiger partial charge in [0, 0.05) is 24.3 Å². The summed E-state index contributed by atoms with van der Waals surface area (Å²) in [5.74, 6) is 0. The Morgan fingerprint density at radius 3 is 2.43 bits per heavy atom. The summed E-state index contributed by atoms with van der Waals surface area (Å²) in [7, 11) is 0. The van der Waals surface area contributed by atoms with Crippen molar-refractivity contribution in [2.45, 2.75) is 63.5 Å². The van der Waals surface area contributed by atoms with E-state index in [1.165, 1.54) is 51.5 Å². The third kappa shape index (κ3) is 4.96. The van der Waals surface area contributed by atoms with Gasteiger partial charge < -0.3 is 10.6 Å². The third-order valence-corrected chi connectivity index (χ3v) is 5.16. The van der Waals surface area contributed by atoms with Crippen LogP contribution in [0.3, 0.4) is 0 Å². The average molecular weight is 315 g/mol. The van der Waals surface area contributed by atoms with E-state index in [0.717, 1.165) is 24.7 Å². The molecule has 1 aromatic rings. The molecule has 2 aliphatic rings. The van der Waals surface area contributed by atoms with E-state index < -0.39 is 0 Å². The number of urea groups is 1. The van der Waals surface area contributed by atoms with Crippen LogP contribution in [0.5, 0.6) is 0 Å². The first-order valence-electron chi connectivity index (χ1n) is 9.18. The van der Waals surface area contributed by atoms with E-state index in [4.69, 9.17) is 0 Å². The van der Waals surface area contributed by atoms with Gasteiger partial charge in [0.25, 0.3) is 0 Å². The Kier molecular flexibility index (Phi) is 5.92. The average Bonchev–Trinajstić information content (AvgIpc) is 2.85. The molecule has 1 saturated carbocycles. The van der Waals surface area contributed by atoms with Crippen molar-refractivity contribution in [2.24, 2.45) is 0 Å². The van der Waals surface area contributed by atoms with Gasteiger partial charge in [-0.3, -0.25) is 4.90 Å². The number of amides is 2. The van der Waals surface area contributed by atoms with Gasteiger partial charge in [0.1, 0.15) is 0 Å². The van der Waals surface area contributed by atoms with Gasteiger partial charge in [0.15, 0.2) is 0 Å². The zero-order chi connectivity index (χ0) is 15.9. The van der Waals surface area contributed by atoms with Gasteiger partial charge >= 0.3 is 6.03 Å². The van der Waals surface area contributed by atoms with Gasteiger partial charge in [-0.25, -0.2) is 4.79 Å². The zero-order valence-electron chi connectivity index (χ0n) is 14.0. The predicted molar refractivity (Wildman–Crippen MR) is 94.7 cm³/mol. The van der Waals surface area contributed by atoms with Gasteiger partial charge in [0.2, 0.25) is 0 Å². The van der Waals surface area contributed by atoms with E-state index in [0.29, 0.717) is 0 Å². The number of rotatable bonds is 3. The molecule has 23 heavy (non-hydrogen) atoms. The first-order valence-corrected chi connectivity index (χ1v) is 9.18. The molecule has 0 spiro atoms. The summed E-state index contributed by atoms with van der Waals surface area (Å²) in [6, 6.07) is 10.6. The monoisotopic (exact) mass is 315 g/mol. The Morgan fingerprint density at radius 1 is 0.957 bits per heavy atom. The van der Waals surface area contributed by atoms with Crippen molar-refractivity contribution in [3.05, 3.63) is 30.3 Å². The maximum Gasteiger partial charge on any atom is 0.319 e. The van der Waals surface area contributed by atoms with Gasteiger partial charge in [-0.1, -0.05) is 43.9 Å². The Labute approximate surface area is 139 Å². The molecule has 1 heterocycles. The minimum atomic E-state index is -0.0797.